The van der Waals surface area contributed by atoms with Crippen LogP contribution in [-0.4, -0.2) is 11.9 Å². The molecule has 0 bridgehead atoms. The van der Waals surface area contributed by atoms with Crippen LogP contribution in [0.4, 0.5) is 0 Å². The van der Waals surface area contributed by atoms with Gasteiger partial charge in [0.2, 0.25) is 5.90 Å². The van der Waals surface area contributed by atoms with Crippen LogP contribution in [0.15, 0.2) is 48.5 Å². The molecule has 0 spiro atoms. The number of fused-ring (bicyclic) bond motifs is 1. The molecular formula is C14H9NO2. The third-order valence-electron chi connectivity index (χ3n) is 2.79. The highest BCUT2D eigenvalue weighted by molar-refractivity contribution is 6.18. The van der Waals surface area contributed by atoms with E-state index in [-0.39, 0.29) is 5.90 Å². The molecule has 3 nitrogen and oxygen atoms in total. The first-order chi connectivity index (χ1) is 8.27. The number of cyclic esters (lactones) is 1. The summed E-state index contributed by atoms with van der Waals surface area (Å²) in [4.78, 5) is 11.5. The van der Waals surface area contributed by atoms with Gasteiger partial charge in [-0.3, -0.25) is 5.41 Å². The van der Waals surface area contributed by atoms with Crippen LogP contribution in [0, 0.1) is 5.41 Å². The zero-order chi connectivity index (χ0) is 11.8. The van der Waals surface area contributed by atoms with Gasteiger partial charge >= 0.3 is 5.97 Å². The first-order valence-corrected chi connectivity index (χ1v) is 5.27. The van der Waals surface area contributed by atoms with Gasteiger partial charge < -0.3 is 4.74 Å². The minimum atomic E-state index is -0.442. The van der Waals surface area contributed by atoms with Gasteiger partial charge in [-0.2, -0.15) is 0 Å². The quantitative estimate of drug-likeness (QED) is 0.756. The number of rotatable bonds is 1. The molecule has 0 saturated heterocycles. The van der Waals surface area contributed by atoms with Gasteiger partial charge in [0.25, 0.3) is 0 Å². The summed E-state index contributed by atoms with van der Waals surface area (Å²) in [6.45, 7) is 0. The molecule has 82 valence electrons. The zero-order valence-corrected chi connectivity index (χ0v) is 8.94. The van der Waals surface area contributed by atoms with E-state index < -0.39 is 5.97 Å². The van der Waals surface area contributed by atoms with Gasteiger partial charge in [-0.05, 0) is 17.2 Å². The van der Waals surface area contributed by atoms with E-state index in [0.29, 0.717) is 11.1 Å². The molecule has 2 aromatic carbocycles. The molecule has 3 rings (SSSR count). The summed E-state index contributed by atoms with van der Waals surface area (Å²) in [6.07, 6.45) is 0. The second kappa shape index (κ2) is 3.56. The van der Waals surface area contributed by atoms with Crippen LogP contribution in [-0.2, 0) is 4.74 Å². The first kappa shape index (κ1) is 9.78. The van der Waals surface area contributed by atoms with Crippen LogP contribution in [0.1, 0.15) is 15.9 Å². The fraction of sp³-hybridized carbons (Fsp3) is 0. The first-order valence-electron chi connectivity index (χ1n) is 5.27. The molecule has 0 fully saturated rings. The average Bonchev–Trinajstić information content (AvgIpc) is 2.66. The summed E-state index contributed by atoms with van der Waals surface area (Å²) in [6, 6.07) is 15.1. The maximum absolute atomic E-state index is 11.5. The van der Waals surface area contributed by atoms with E-state index in [1.165, 1.54) is 0 Å². The summed E-state index contributed by atoms with van der Waals surface area (Å²) in [5, 5.41) is 7.71. The maximum atomic E-state index is 11.5. The molecule has 0 saturated carbocycles. The lowest BCUT2D eigenvalue weighted by Crippen LogP contribution is -1.98. The normalized spacial score (nSPS) is 13.4. The lowest BCUT2D eigenvalue weighted by atomic mass is 9.96. The number of carbonyl (C=O) groups is 1. The highest BCUT2D eigenvalue weighted by Gasteiger charge is 2.29. The van der Waals surface area contributed by atoms with E-state index in [0.717, 1.165) is 11.1 Å². The number of hydrogen-bond donors (Lipinski definition) is 1. The van der Waals surface area contributed by atoms with Crippen LogP contribution >= 0.6 is 0 Å². The third-order valence-corrected chi connectivity index (χ3v) is 2.79. The molecule has 0 aromatic heterocycles. The second-order valence-corrected chi connectivity index (χ2v) is 3.81. The molecule has 2 aromatic rings. The number of benzene rings is 2. The van der Waals surface area contributed by atoms with Crippen molar-refractivity contribution >= 4 is 11.9 Å². The minimum Gasteiger partial charge on any atom is -0.404 e. The Bertz CT molecular complexity index is 617. The number of carbonyl (C=O) groups excluding carboxylic acids is 1. The molecule has 1 aliphatic heterocycles. The van der Waals surface area contributed by atoms with Crippen LogP contribution in [0.5, 0.6) is 0 Å². The van der Waals surface area contributed by atoms with Crippen molar-refractivity contribution < 1.29 is 9.53 Å². The van der Waals surface area contributed by atoms with E-state index in [1.54, 1.807) is 12.1 Å². The van der Waals surface area contributed by atoms with Crippen LogP contribution in [0.2, 0.25) is 0 Å². The largest absolute Gasteiger partial charge is 0.404 e. The molecule has 1 N–H and O–H groups in total. The van der Waals surface area contributed by atoms with Crippen molar-refractivity contribution in [3.8, 4) is 11.1 Å². The topological polar surface area (TPSA) is 50.1 Å². The Morgan fingerprint density at radius 2 is 1.59 bits per heavy atom. The van der Waals surface area contributed by atoms with Crippen molar-refractivity contribution in [2.75, 3.05) is 0 Å². The lowest BCUT2D eigenvalue weighted by molar-refractivity contribution is 0.0736. The Balaban J connectivity index is 2.27. The molecule has 0 radical (unpaired) electrons. The van der Waals surface area contributed by atoms with Gasteiger partial charge in [0.1, 0.15) is 0 Å². The van der Waals surface area contributed by atoms with Crippen LogP contribution in [0.3, 0.4) is 0 Å². The summed E-state index contributed by atoms with van der Waals surface area (Å²) >= 11 is 0. The highest BCUT2D eigenvalue weighted by Crippen LogP contribution is 2.30. The molecular weight excluding hydrogens is 214 g/mol. The predicted octanol–water partition coefficient (Wildman–Crippen LogP) is 2.85. The van der Waals surface area contributed by atoms with Crippen molar-refractivity contribution in [2.45, 2.75) is 0 Å². The van der Waals surface area contributed by atoms with Gasteiger partial charge in [0.05, 0.1) is 11.1 Å². The van der Waals surface area contributed by atoms with Gasteiger partial charge in [-0.15, -0.1) is 0 Å². The van der Waals surface area contributed by atoms with E-state index in [1.807, 2.05) is 36.4 Å². The second-order valence-electron chi connectivity index (χ2n) is 3.81. The third kappa shape index (κ3) is 1.44. The predicted molar refractivity (Wildman–Crippen MR) is 64.1 cm³/mol. The standard InChI is InChI=1S/C14H9NO2/c15-13-12-10(9-5-2-1-3-6-9)7-4-8-11(12)14(16)17-13/h1-8,15H. The Morgan fingerprint density at radius 1 is 0.882 bits per heavy atom. The van der Waals surface area contributed by atoms with Crippen molar-refractivity contribution in [3.05, 3.63) is 59.7 Å². The molecule has 0 unspecified atom stereocenters. The molecule has 3 heteroatoms. The van der Waals surface area contributed by atoms with Crippen molar-refractivity contribution in [2.24, 2.45) is 0 Å². The molecule has 0 atom stereocenters. The minimum absolute atomic E-state index is 0.0653. The lowest BCUT2D eigenvalue weighted by Gasteiger charge is -2.05. The molecule has 0 aliphatic carbocycles. The van der Waals surface area contributed by atoms with E-state index in [4.69, 9.17) is 10.1 Å². The smallest absolute Gasteiger partial charge is 0.345 e. The van der Waals surface area contributed by atoms with Crippen LogP contribution in [0.25, 0.3) is 11.1 Å². The number of ether oxygens (including phenoxy) is 1. The van der Waals surface area contributed by atoms with Gasteiger partial charge in [-0.25, -0.2) is 4.79 Å². The fourth-order valence-electron chi connectivity index (χ4n) is 2.02. The summed E-state index contributed by atoms with van der Waals surface area (Å²) in [7, 11) is 0. The highest BCUT2D eigenvalue weighted by atomic mass is 16.5. The van der Waals surface area contributed by atoms with Crippen molar-refractivity contribution in [1.82, 2.24) is 0 Å². The Morgan fingerprint density at radius 3 is 2.35 bits per heavy atom. The summed E-state index contributed by atoms with van der Waals surface area (Å²) in [5.74, 6) is -0.507. The Labute approximate surface area is 98.2 Å². The number of hydrogen-bond acceptors (Lipinski definition) is 3. The monoisotopic (exact) mass is 223 g/mol. The van der Waals surface area contributed by atoms with Gasteiger partial charge in [0, 0.05) is 0 Å². The number of nitrogens with one attached hydrogen (secondary N) is 1. The van der Waals surface area contributed by atoms with Gasteiger partial charge in [-0.1, -0.05) is 42.5 Å². The average molecular weight is 223 g/mol. The Hall–Kier alpha value is -2.42. The molecule has 17 heavy (non-hydrogen) atoms. The molecule has 0 amide bonds. The van der Waals surface area contributed by atoms with Crippen LogP contribution < -0.4 is 0 Å². The maximum Gasteiger partial charge on any atom is 0.345 e. The van der Waals surface area contributed by atoms with Crippen molar-refractivity contribution in [3.63, 3.8) is 0 Å². The van der Waals surface area contributed by atoms with Crippen molar-refractivity contribution in [1.29, 1.82) is 5.41 Å². The van der Waals surface area contributed by atoms with E-state index in [2.05, 4.69) is 0 Å². The Kier molecular flexibility index (Phi) is 2.05. The summed E-state index contributed by atoms with van der Waals surface area (Å²) < 4.78 is 4.84. The SMILES string of the molecule is N=C1OC(=O)c2cccc(-c3ccccc3)c21. The zero-order valence-electron chi connectivity index (χ0n) is 8.94. The molecule has 1 aliphatic rings. The fourth-order valence-corrected chi connectivity index (χ4v) is 2.02. The van der Waals surface area contributed by atoms with E-state index in [9.17, 15) is 4.79 Å². The summed E-state index contributed by atoms with van der Waals surface area (Å²) in [5.41, 5.74) is 2.89. The number of esters is 1. The molecule has 1 heterocycles. The van der Waals surface area contributed by atoms with E-state index >= 15 is 0 Å². The van der Waals surface area contributed by atoms with Gasteiger partial charge in [0.15, 0.2) is 0 Å².